The van der Waals surface area contributed by atoms with Crippen LogP contribution in [0, 0.1) is 5.92 Å². The highest BCUT2D eigenvalue weighted by atomic mass is 16.6. The van der Waals surface area contributed by atoms with E-state index >= 15 is 0 Å². The second-order valence-corrected chi connectivity index (χ2v) is 9.26. The van der Waals surface area contributed by atoms with E-state index in [0.29, 0.717) is 0 Å². The van der Waals surface area contributed by atoms with Crippen LogP contribution in [0.5, 0.6) is 0 Å². The number of nitrogens with one attached hydrogen (secondary N) is 1. The normalized spacial score (nSPS) is 20.2. The minimum atomic E-state index is -0.697. The molecule has 182 valence electrons. The minimum Gasteiger partial charge on any atom is -0.469 e. The van der Waals surface area contributed by atoms with Crippen molar-refractivity contribution in [2.75, 3.05) is 13.7 Å². The lowest BCUT2D eigenvalue weighted by Crippen LogP contribution is -2.56. The summed E-state index contributed by atoms with van der Waals surface area (Å²) >= 11 is 0. The average Bonchev–Trinajstić information content (AvgIpc) is 2.81. The van der Waals surface area contributed by atoms with Gasteiger partial charge in [-0.2, -0.15) is 0 Å². The number of carbonyl (C=O) groups is 3. The van der Waals surface area contributed by atoms with Gasteiger partial charge in [0.1, 0.15) is 12.2 Å². The molecule has 2 aromatic carbocycles. The van der Waals surface area contributed by atoms with Gasteiger partial charge in [0, 0.05) is 6.54 Å². The van der Waals surface area contributed by atoms with Gasteiger partial charge >= 0.3 is 18.2 Å². The molecule has 8 nitrogen and oxygen atoms in total. The molecular formula is C26H32N2O6. The minimum absolute atomic E-state index is 0.0880. The Morgan fingerprint density at radius 3 is 2.21 bits per heavy atom. The number of hydrogen-bond acceptors (Lipinski definition) is 6. The molecule has 8 heteroatoms. The zero-order valence-electron chi connectivity index (χ0n) is 20.0. The SMILES string of the molecule is COC(=O)[C@@H]1C[C@H](NC(=O)OC(C)(C)C)[C@H](c2ccccc2)N(C(=O)OCc2ccccc2)C1. The number of hydrogen-bond donors (Lipinski definition) is 1. The molecular weight excluding hydrogens is 436 g/mol. The molecule has 34 heavy (non-hydrogen) atoms. The summed E-state index contributed by atoms with van der Waals surface area (Å²) in [5.41, 5.74) is 0.956. The lowest BCUT2D eigenvalue weighted by atomic mass is 9.85. The second-order valence-electron chi connectivity index (χ2n) is 9.26. The molecule has 1 saturated heterocycles. The summed E-state index contributed by atoms with van der Waals surface area (Å²) in [4.78, 5) is 39.9. The van der Waals surface area contributed by atoms with E-state index in [4.69, 9.17) is 14.2 Å². The van der Waals surface area contributed by atoms with E-state index in [2.05, 4.69) is 5.32 Å². The first-order chi connectivity index (χ1) is 16.2. The zero-order valence-corrected chi connectivity index (χ0v) is 20.0. The molecule has 0 saturated carbocycles. The summed E-state index contributed by atoms with van der Waals surface area (Å²) in [6.07, 6.45) is -0.919. The molecule has 1 heterocycles. The summed E-state index contributed by atoms with van der Waals surface area (Å²) in [5, 5.41) is 2.87. The van der Waals surface area contributed by atoms with Crippen LogP contribution in [0.3, 0.4) is 0 Å². The topological polar surface area (TPSA) is 94.2 Å². The quantitative estimate of drug-likeness (QED) is 0.515. The summed E-state index contributed by atoms with van der Waals surface area (Å²) in [5.74, 6) is -1.09. The van der Waals surface area contributed by atoms with Crippen molar-refractivity contribution in [2.45, 2.75) is 51.5 Å². The van der Waals surface area contributed by atoms with Gasteiger partial charge in [-0.25, -0.2) is 9.59 Å². The Labute approximate surface area is 200 Å². The molecule has 3 rings (SSSR count). The number of nitrogens with zero attached hydrogens (tertiary/aromatic N) is 1. The summed E-state index contributed by atoms with van der Waals surface area (Å²) in [6.45, 7) is 5.50. The van der Waals surface area contributed by atoms with Gasteiger partial charge in [0.05, 0.1) is 25.1 Å². The molecule has 1 N–H and O–H groups in total. The number of likely N-dealkylation sites (tertiary alicyclic amines) is 1. The van der Waals surface area contributed by atoms with Crippen LogP contribution in [0.15, 0.2) is 60.7 Å². The van der Waals surface area contributed by atoms with Crippen LogP contribution in [0.2, 0.25) is 0 Å². The summed E-state index contributed by atoms with van der Waals surface area (Å²) < 4.78 is 16.0. The number of benzene rings is 2. The molecule has 1 aliphatic heterocycles. The van der Waals surface area contributed by atoms with Crippen LogP contribution in [0.1, 0.15) is 44.4 Å². The molecule has 0 unspecified atom stereocenters. The molecule has 0 bridgehead atoms. The molecule has 0 aliphatic carbocycles. The lowest BCUT2D eigenvalue weighted by molar-refractivity contribution is -0.148. The van der Waals surface area contributed by atoms with E-state index in [1.165, 1.54) is 12.0 Å². The van der Waals surface area contributed by atoms with Crippen LogP contribution in [0.25, 0.3) is 0 Å². The number of esters is 1. The van der Waals surface area contributed by atoms with E-state index in [1.54, 1.807) is 20.8 Å². The van der Waals surface area contributed by atoms with Crippen molar-refractivity contribution >= 4 is 18.2 Å². The Hall–Kier alpha value is -3.55. The van der Waals surface area contributed by atoms with Crippen LogP contribution in [0.4, 0.5) is 9.59 Å². The highest BCUT2D eigenvalue weighted by molar-refractivity contribution is 5.76. The fourth-order valence-corrected chi connectivity index (χ4v) is 4.07. The molecule has 2 aromatic rings. The number of carbonyl (C=O) groups excluding carboxylic acids is 3. The van der Waals surface area contributed by atoms with E-state index in [0.717, 1.165) is 11.1 Å². The van der Waals surface area contributed by atoms with Gasteiger partial charge in [-0.1, -0.05) is 60.7 Å². The maximum atomic E-state index is 13.3. The van der Waals surface area contributed by atoms with Crippen molar-refractivity contribution in [3.63, 3.8) is 0 Å². The Morgan fingerprint density at radius 2 is 1.62 bits per heavy atom. The summed E-state index contributed by atoms with van der Waals surface area (Å²) in [7, 11) is 1.31. The predicted molar refractivity (Wildman–Crippen MR) is 126 cm³/mol. The summed E-state index contributed by atoms with van der Waals surface area (Å²) in [6, 6.07) is 17.5. The number of rotatable bonds is 5. The van der Waals surface area contributed by atoms with Gasteiger partial charge in [-0.05, 0) is 38.3 Å². The standard InChI is InChI=1S/C26H32N2O6/c1-26(2,3)34-24(30)27-21-15-20(23(29)32-4)16-28(22(21)19-13-9-6-10-14-19)25(31)33-17-18-11-7-5-8-12-18/h5-14,20-22H,15-17H2,1-4H3,(H,27,30)/t20-,21+,22+/m1/s1. The molecule has 0 radical (unpaired) electrons. The third-order valence-corrected chi connectivity index (χ3v) is 5.49. The first-order valence-corrected chi connectivity index (χ1v) is 11.3. The first kappa shape index (κ1) is 25.1. The number of piperidine rings is 1. The molecule has 2 amide bonds. The molecule has 1 fully saturated rings. The lowest BCUT2D eigenvalue weighted by Gasteiger charge is -2.43. The third-order valence-electron chi connectivity index (χ3n) is 5.49. The fourth-order valence-electron chi connectivity index (χ4n) is 4.07. The number of ether oxygens (including phenoxy) is 3. The highest BCUT2D eigenvalue weighted by Gasteiger charge is 2.44. The average molecular weight is 469 g/mol. The highest BCUT2D eigenvalue weighted by Crippen LogP contribution is 2.35. The molecule has 3 atom stereocenters. The van der Waals surface area contributed by atoms with Crippen molar-refractivity contribution in [3.05, 3.63) is 71.8 Å². The van der Waals surface area contributed by atoms with Gasteiger partial charge in [0.25, 0.3) is 0 Å². The van der Waals surface area contributed by atoms with Crippen molar-refractivity contribution in [1.29, 1.82) is 0 Å². The second kappa shape index (κ2) is 11.0. The third kappa shape index (κ3) is 6.73. The Bertz CT molecular complexity index is 974. The Kier molecular flexibility index (Phi) is 8.15. The Balaban J connectivity index is 1.90. The van der Waals surface area contributed by atoms with Crippen molar-refractivity contribution in [3.8, 4) is 0 Å². The van der Waals surface area contributed by atoms with Crippen molar-refractivity contribution < 1.29 is 28.6 Å². The number of amides is 2. The fraction of sp³-hybridized carbons (Fsp3) is 0.423. The Morgan fingerprint density at radius 1 is 1.00 bits per heavy atom. The van der Waals surface area contributed by atoms with E-state index in [-0.39, 0.29) is 19.6 Å². The maximum absolute atomic E-state index is 13.3. The van der Waals surface area contributed by atoms with Gasteiger partial charge in [0.2, 0.25) is 0 Å². The van der Waals surface area contributed by atoms with Crippen LogP contribution in [-0.2, 0) is 25.6 Å². The molecule has 0 aromatic heterocycles. The van der Waals surface area contributed by atoms with Crippen LogP contribution in [-0.4, -0.2) is 48.4 Å². The van der Waals surface area contributed by atoms with Crippen molar-refractivity contribution in [1.82, 2.24) is 10.2 Å². The van der Waals surface area contributed by atoms with E-state index in [9.17, 15) is 14.4 Å². The van der Waals surface area contributed by atoms with Gasteiger partial charge < -0.3 is 19.5 Å². The largest absolute Gasteiger partial charge is 0.469 e. The van der Waals surface area contributed by atoms with E-state index < -0.39 is 41.8 Å². The van der Waals surface area contributed by atoms with E-state index in [1.807, 2.05) is 60.7 Å². The van der Waals surface area contributed by atoms with Gasteiger partial charge in [-0.3, -0.25) is 9.69 Å². The van der Waals surface area contributed by atoms with Crippen molar-refractivity contribution in [2.24, 2.45) is 5.92 Å². The van der Waals surface area contributed by atoms with Crippen LogP contribution < -0.4 is 5.32 Å². The monoisotopic (exact) mass is 468 g/mol. The predicted octanol–water partition coefficient (Wildman–Crippen LogP) is 4.45. The maximum Gasteiger partial charge on any atom is 0.410 e. The van der Waals surface area contributed by atoms with Gasteiger partial charge in [0.15, 0.2) is 0 Å². The molecule has 0 spiro atoms. The number of alkyl carbamates (subject to hydrolysis) is 1. The smallest absolute Gasteiger partial charge is 0.410 e. The first-order valence-electron chi connectivity index (χ1n) is 11.3. The van der Waals surface area contributed by atoms with Gasteiger partial charge in [-0.15, -0.1) is 0 Å². The molecule has 1 aliphatic rings. The number of methoxy groups -OCH3 is 1. The zero-order chi connectivity index (χ0) is 24.7. The van der Waals surface area contributed by atoms with Crippen LogP contribution >= 0.6 is 0 Å².